The summed E-state index contributed by atoms with van der Waals surface area (Å²) in [5, 5.41) is 0.583. The minimum absolute atomic E-state index is 0.0177. The highest BCUT2D eigenvalue weighted by Gasteiger charge is 2.67. The normalized spacial score (nSPS) is 27.6. The van der Waals surface area contributed by atoms with Crippen LogP contribution in [0.5, 0.6) is 0 Å². The molecule has 224 valence electrons. The van der Waals surface area contributed by atoms with Crippen molar-refractivity contribution in [3.63, 3.8) is 0 Å². The van der Waals surface area contributed by atoms with Crippen LogP contribution in [0.25, 0.3) is 11.2 Å². The van der Waals surface area contributed by atoms with Crippen LogP contribution in [-0.4, -0.2) is 68.6 Å². The molecule has 0 aromatic carbocycles. The van der Waals surface area contributed by atoms with E-state index in [1.54, 1.807) is 11.6 Å². The van der Waals surface area contributed by atoms with E-state index in [2.05, 4.69) is 77.7 Å². The molecular weight excluding hydrogens is 571 g/mol. The standard InChI is InChI=1S/C25H43N5O7SSi2/c1-23(2,3)39(8,9)34-12-17-25(16(26)13-38(32,33)37-25)19(36-40(10,11)24(4,5)6)22(35-17)30-15-27-18-20(30)28-14-29(7)21(18)31/h13-15,17,19,22H,12,26H2,1-11H3. The highest BCUT2D eigenvalue weighted by molar-refractivity contribution is 7.90. The van der Waals surface area contributed by atoms with Crippen molar-refractivity contribution in [2.75, 3.05) is 6.61 Å². The molecule has 0 saturated carbocycles. The molecular formula is C25H43N5O7SSi2. The quantitative estimate of drug-likeness (QED) is 0.380. The average molecular weight is 614 g/mol. The number of fused-ring (bicyclic) bond motifs is 1. The van der Waals surface area contributed by atoms with E-state index in [0.717, 1.165) is 5.41 Å². The summed E-state index contributed by atoms with van der Waals surface area (Å²) < 4.78 is 54.7. The van der Waals surface area contributed by atoms with Gasteiger partial charge in [-0.15, -0.1) is 0 Å². The number of aromatic nitrogens is 4. The molecule has 1 fully saturated rings. The molecule has 4 heterocycles. The first-order chi connectivity index (χ1) is 18.0. The van der Waals surface area contributed by atoms with Gasteiger partial charge in [0.2, 0.25) is 0 Å². The maximum absolute atomic E-state index is 12.9. The molecule has 2 aliphatic rings. The third kappa shape index (κ3) is 5.03. The summed E-state index contributed by atoms with van der Waals surface area (Å²) in [6, 6.07) is 0. The van der Waals surface area contributed by atoms with Crippen LogP contribution in [0.2, 0.25) is 36.3 Å². The Labute approximate surface area is 238 Å². The number of nitrogens with two attached hydrogens (primary N) is 1. The number of hydrogen-bond donors (Lipinski definition) is 1. The van der Waals surface area contributed by atoms with Crippen LogP contribution >= 0.6 is 0 Å². The Morgan fingerprint density at radius 1 is 1.05 bits per heavy atom. The third-order valence-corrected chi connectivity index (χ3v) is 19.0. The molecule has 4 rings (SSSR count). The van der Waals surface area contributed by atoms with E-state index < -0.39 is 50.8 Å². The molecule has 1 saturated heterocycles. The van der Waals surface area contributed by atoms with Crippen molar-refractivity contribution in [2.24, 2.45) is 12.8 Å². The Balaban J connectivity index is 1.91. The van der Waals surface area contributed by atoms with Crippen molar-refractivity contribution in [2.45, 2.75) is 102 Å². The second-order valence-corrected chi connectivity index (χ2v) is 24.8. The highest BCUT2D eigenvalue weighted by Crippen LogP contribution is 2.52. The van der Waals surface area contributed by atoms with Crippen LogP contribution in [-0.2, 0) is 34.9 Å². The molecule has 4 atom stereocenters. The molecule has 2 N–H and O–H groups in total. The van der Waals surface area contributed by atoms with Gasteiger partial charge in [-0.05, 0) is 36.3 Å². The lowest BCUT2D eigenvalue weighted by Gasteiger charge is -2.43. The Bertz CT molecular complexity index is 1500. The summed E-state index contributed by atoms with van der Waals surface area (Å²) in [7, 11) is -7.44. The molecule has 1 spiro atoms. The lowest BCUT2D eigenvalue weighted by Crippen LogP contribution is -2.59. The predicted octanol–water partition coefficient (Wildman–Crippen LogP) is 3.34. The maximum Gasteiger partial charge on any atom is 0.292 e. The first kappa shape index (κ1) is 31.1. The van der Waals surface area contributed by atoms with E-state index in [1.165, 1.54) is 17.2 Å². The van der Waals surface area contributed by atoms with Gasteiger partial charge in [-0.25, -0.2) is 14.2 Å². The summed E-state index contributed by atoms with van der Waals surface area (Å²) in [6.45, 7) is 20.9. The zero-order valence-electron chi connectivity index (χ0n) is 25.3. The van der Waals surface area contributed by atoms with E-state index in [1.807, 2.05) is 0 Å². The number of aryl methyl sites for hydroxylation is 1. The Kier molecular flexibility index (Phi) is 7.43. The minimum Gasteiger partial charge on any atom is -0.414 e. The SMILES string of the molecule is Cn1cnc2c(ncn2C2OC(CO[Si](C)(C)C(C)(C)C)C3(OS(=O)(=O)C=C3N)C2O[Si](C)(C)C(C)(C)C)c1=O. The second-order valence-electron chi connectivity index (χ2n) is 13.8. The largest absolute Gasteiger partial charge is 0.414 e. The molecule has 0 aliphatic carbocycles. The zero-order valence-corrected chi connectivity index (χ0v) is 28.1. The van der Waals surface area contributed by atoms with Crippen LogP contribution in [0, 0.1) is 0 Å². The van der Waals surface area contributed by atoms with Gasteiger partial charge in [0.1, 0.15) is 12.2 Å². The number of ether oxygens (including phenoxy) is 1. The summed E-state index contributed by atoms with van der Waals surface area (Å²) in [5.41, 5.74) is 4.92. The van der Waals surface area contributed by atoms with Crippen molar-refractivity contribution < 1.29 is 26.2 Å². The summed E-state index contributed by atoms with van der Waals surface area (Å²) in [4.78, 5) is 21.6. The summed E-state index contributed by atoms with van der Waals surface area (Å²) in [6.07, 6.45) is -0.0657. The Morgan fingerprint density at radius 3 is 2.17 bits per heavy atom. The molecule has 0 bridgehead atoms. The van der Waals surface area contributed by atoms with Gasteiger partial charge in [-0.1, -0.05) is 41.5 Å². The van der Waals surface area contributed by atoms with Gasteiger partial charge >= 0.3 is 0 Å². The molecule has 12 nitrogen and oxygen atoms in total. The molecule has 15 heteroatoms. The topological polar surface area (TPSA) is 150 Å². The molecule has 0 amide bonds. The van der Waals surface area contributed by atoms with Crippen molar-refractivity contribution >= 4 is 37.9 Å². The van der Waals surface area contributed by atoms with Gasteiger partial charge in [0, 0.05) is 7.05 Å². The van der Waals surface area contributed by atoms with Crippen molar-refractivity contribution in [3.05, 3.63) is 34.1 Å². The van der Waals surface area contributed by atoms with E-state index in [4.69, 9.17) is 23.5 Å². The number of rotatable bonds is 6. The van der Waals surface area contributed by atoms with Gasteiger partial charge in [-0.3, -0.25) is 9.36 Å². The van der Waals surface area contributed by atoms with Gasteiger partial charge in [0.05, 0.1) is 30.4 Å². The zero-order chi connectivity index (χ0) is 30.3. The summed E-state index contributed by atoms with van der Waals surface area (Å²) >= 11 is 0. The van der Waals surface area contributed by atoms with Crippen LogP contribution in [0.4, 0.5) is 0 Å². The smallest absolute Gasteiger partial charge is 0.292 e. The van der Waals surface area contributed by atoms with Gasteiger partial charge in [0.15, 0.2) is 39.6 Å². The first-order valence-corrected chi connectivity index (χ1v) is 20.6. The van der Waals surface area contributed by atoms with Crippen molar-refractivity contribution in [1.82, 2.24) is 19.1 Å². The maximum atomic E-state index is 12.9. The number of hydrogen-bond acceptors (Lipinski definition) is 10. The predicted molar refractivity (Wildman–Crippen MR) is 157 cm³/mol. The van der Waals surface area contributed by atoms with E-state index in [9.17, 15) is 13.2 Å². The van der Waals surface area contributed by atoms with E-state index in [0.29, 0.717) is 0 Å². The highest BCUT2D eigenvalue weighted by atomic mass is 32.2. The number of imidazole rings is 1. The molecule has 2 aromatic heterocycles. The van der Waals surface area contributed by atoms with Crippen LogP contribution < -0.4 is 11.3 Å². The van der Waals surface area contributed by atoms with Crippen molar-refractivity contribution in [3.8, 4) is 0 Å². The van der Waals surface area contributed by atoms with Crippen LogP contribution in [0.1, 0.15) is 47.8 Å². The molecule has 0 radical (unpaired) electrons. The molecule has 40 heavy (non-hydrogen) atoms. The Morgan fingerprint density at radius 2 is 1.65 bits per heavy atom. The first-order valence-electron chi connectivity index (χ1n) is 13.3. The summed E-state index contributed by atoms with van der Waals surface area (Å²) in [5.74, 6) is 0. The molecule has 2 aliphatic heterocycles. The van der Waals surface area contributed by atoms with Crippen LogP contribution in [0.3, 0.4) is 0 Å². The van der Waals surface area contributed by atoms with E-state index >= 15 is 0 Å². The fourth-order valence-electron chi connectivity index (χ4n) is 4.39. The van der Waals surface area contributed by atoms with Gasteiger partial charge < -0.3 is 23.9 Å². The fraction of sp³-hybridized carbons (Fsp3) is 0.720. The lowest BCUT2D eigenvalue weighted by molar-refractivity contribution is -0.0535. The van der Waals surface area contributed by atoms with E-state index in [-0.39, 0.29) is 39.1 Å². The average Bonchev–Trinajstić information content (AvgIpc) is 3.40. The monoisotopic (exact) mass is 613 g/mol. The third-order valence-electron chi connectivity index (χ3n) is 8.99. The lowest BCUT2D eigenvalue weighted by atomic mass is 9.89. The number of nitrogens with zero attached hydrogens (tertiary/aromatic N) is 4. The molecule has 2 aromatic rings. The van der Waals surface area contributed by atoms with Gasteiger partial charge in [0.25, 0.3) is 15.7 Å². The van der Waals surface area contributed by atoms with Gasteiger partial charge in [-0.2, -0.15) is 8.42 Å². The fourth-order valence-corrected chi connectivity index (χ4v) is 7.90. The minimum atomic E-state index is -4.14. The van der Waals surface area contributed by atoms with Crippen LogP contribution in [0.15, 0.2) is 28.6 Å². The Hall–Kier alpha value is -1.89. The second kappa shape index (κ2) is 9.57. The van der Waals surface area contributed by atoms with Crippen molar-refractivity contribution in [1.29, 1.82) is 0 Å². The molecule has 4 unspecified atom stereocenters.